The molecule has 1 aromatic heterocycles. The third kappa shape index (κ3) is 3.79. The van der Waals surface area contributed by atoms with E-state index in [0.29, 0.717) is 16.7 Å². The molecular weight excluding hydrogens is 440 g/mol. The molecule has 144 valence electrons. The molecule has 8 heteroatoms. The van der Waals surface area contributed by atoms with Gasteiger partial charge in [-0.2, -0.15) is 4.98 Å². The Morgan fingerprint density at radius 3 is 2.86 bits per heavy atom. The van der Waals surface area contributed by atoms with Gasteiger partial charge in [0.25, 0.3) is 0 Å². The van der Waals surface area contributed by atoms with Gasteiger partial charge in [0.1, 0.15) is 5.75 Å². The predicted octanol–water partition coefficient (Wildman–Crippen LogP) is 5.31. The highest BCUT2D eigenvalue weighted by atomic mass is 79.9. The van der Waals surface area contributed by atoms with E-state index in [1.165, 1.54) is 0 Å². The van der Waals surface area contributed by atoms with Gasteiger partial charge in [-0.05, 0) is 46.6 Å². The molecule has 0 fully saturated rings. The van der Waals surface area contributed by atoms with Crippen LogP contribution in [0.3, 0.4) is 0 Å². The Morgan fingerprint density at radius 2 is 2.07 bits per heavy atom. The fourth-order valence-electron chi connectivity index (χ4n) is 2.90. The molecule has 28 heavy (non-hydrogen) atoms. The van der Waals surface area contributed by atoms with Crippen LogP contribution in [0.1, 0.15) is 25.1 Å². The molecule has 0 amide bonds. The number of fused-ring (bicyclic) bond motifs is 3. The van der Waals surface area contributed by atoms with Gasteiger partial charge in [-0.3, -0.25) is 0 Å². The molecule has 1 aliphatic heterocycles. The number of thioether (sulfide) groups is 1. The van der Waals surface area contributed by atoms with Crippen LogP contribution in [-0.2, 0) is 0 Å². The van der Waals surface area contributed by atoms with Crippen molar-refractivity contribution >= 4 is 33.4 Å². The second-order valence-corrected chi connectivity index (χ2v) is 8.09. The van der Waals surface area contributed by atoms with Crippen molar-refractivity contribution in [3.63, 3.8) is 0 Å². The van der Waals surface area contributed by atoms with Crippen LogP contribution in [0.25, 0.3) is 11.3 Å². The number of hydrogen-bond acceptors (Lipinski definition) is 7. The van der Waals surface area contributed by atoms with Crippen LogP contribution in [0.2, 0.25) is 0 Å². The molecule has 3 aromatic rings. The lowest BCUT2D eigenvalue weighted by Gasteiger charge is -2.20. The van der Waals surface area contributed by atoms with E-state index in [-0.39, 0.29) is 0 Å². The molecule has 0 unspecified atom stereocenters. The van der Waals surface area contributed by atoms with Gasteiger partial charge < -0.3 is 14.8 Å². The molecule has 1 atom stereocenters. The summed E-state index contributed by atoms with van der Waals surface area (Å²) < 4.78 is 12.5. The average molecular weight is 459 g/mol. The van der Waals surface area contributed by atoms with Crippen molar-refractivity contribution in [2.24, 2.45) is 0 Å². The number of aromatic nitrogens is 3. The van der Waals surface area contributed by atoms with Gasteiger partial charge in [0.2, 0.25) is 11.0 Å². The van der Waals surface area contributed by atoms with Gasteiger partial charge in [0.05, 0.1) is 11.6 Å². The molecule has 2 aromatic carbocycles. The van der Waals surface area contributed by atoms with Gasteiger partial charge in [0, 0.05) is 22.6 Å². The molecule has 6 nitrogen and oxygen atoms in total. The molecule has 2 heterocycles. The average Bonchev–Trinajstić information content (AvgIpc) is 2.88. The third-order valence-corrected chi connectivity index (χ3v) is 5.91. The molecule has 1 N–H and O–H groups in total. The van der Waals surface area contributed by atoms with Crippen molar-refractivity contribution in [3.8, 4) is 22.9 Å². The van der Waals surface area contributed by atoms with E-state index in [2.05, 4.69) is 43.4 Å². The molecule has 0 spiro atoms. The number of anilines is 1. The van der Waals surface area contributed by atoms with E-state index in [4.69, 9.17) is 9.47 Å². The van der Waals surface area contributed by atoms with E-state index >= 15 is 0 Å². The minimum Gasteiger partial charge on any atom is -0.496 e. The monoisotopic (exact) mass is 458 g/mol. The van der Waals surface area contributed by atoms with Crippen LogP contribution >= 0.6 is 27.7 Å². The molecular formula is C20H19BrN4O2S. The van der Waals surface area contributed by atoms with Crippen molar-refractivity contribution < 1.29 is 9.47 Å². The van der Waals surface area contributed by atoms with Crippen molar-refractivity contribution in [1.82, 2.24) is 15.2 Å². The normalized spacial score (nSPS) is 14.9. The second kappa shape index (κ2) is 8.36. The first-order valence-corrected chi connectivity index (χ1v) is 10.7. The lowest BCUT2D eigenvalue weighted by molar-refractivity contribution is 0.225. The first-order valence-electron chi connectivity index (χ1n) is 8.93. The van der Waals surface area contributed by atoms with E-state index in [1.54, 1.807) is 18.9 Å². The smallest absolute Gasteiger partial charge is 0.247 e. The van der Waals surface area contributed by atoms with Crippen LogP contribution in [0, 0.1) is 0 Å². The van der Waals surface area contributed by atoms with Crippen molar-refractivity contribution in [1.29, 1.82) is 0 Å². The summed E-state index contributed by atoms with van der Waals surface area (Å²) in [6.45, 7) is 2.12. The Kier molecular flexibility index (Phi) is 5.68. The van der Waals surface area contributed by atoms with Crippen molar-refractivity contribution in [3.05, 3.63) is 52.5 Å². The standard InChI is InChI=1S/C20H19BrN4O2S/c1-3-10-28-20-23-19-17(24-25-20)13-6-4-5-7-15(13)22-18(27-19)12-8-9-16(26-2)14(21)11-12/h4-9,11,18,22H,3,10H2,1-2H3/t18-/m1/s1. The first kappa shape index (κ1) is 19.0. The van der Waals surface area contributed by atoms with Crippen molar-refractivity contribution in [2.45, 2.75) is 24.7 Å². The number of benzene rings is 2. The Bertz CT molecular complexity index is 1000. The molecule has 0 saturated carbocycles. The molecule has 0 radical (unpaired) electrons. The quantitative estimate of drug-likeness (QED) is 0.519. The maximum atomic E-state index is 6.27. The summed E-state index contributed by atoms with van der Waals surface area (Å²) in [4.78, 5) is 4.63. The van der Waals surface area contributed by atoms with E-state index in [0.717, 1.165) is 39.2 Å². The minimum atomic E-state index is -0.426. The predicted molar refractivity (Wildman–Crippen MR) is 114 cm³/mol. The van der Waals surface area contributed by atoms with Gasteiger partial charge >= 0.3 is 0 Å². The van der Waals surface area contributed by atoms with Crippen LogP contribution < -0.4 is 14.8 Å². The fraction of sp³-hybridized carbons (Fsp3) is 0.250. The van der Waals surface area contributed by atoms with Crippen LogP contribution in [0.4, 0.5) is 5.69 Å². The number of rotatable bonds is 5. The zero-order valence-electron chi connectivity index (χ0n) is 15.5. The molecule has 4 rings (SSSR count). The number of para-hydroxylation sites is 1. The Morgan fingerprint density at radius 1 is 1.21 bits per heavy atom. The summed E-state index contributed by atoms with van der Waals surface area (Å²) in [6.07, 6.45) is 0.615. The number of hydrogen-bond donors (Lipinski definition) is 1. The molecule has 0 bridgehead atoms. The third-order valence-electron chi connectivity index (χ3n) is 4.25. The fourth-order valence-corrected chi connectivity index (χ4v) is 4.09. The highest BCUT2D eigenvalue weighted by Crippen LogP contribution is 2.40. The van der Waals surface area contributed by atoms with Crippen LogP contribution in [-0.4, -0.2) is 28.0 Å². The zero-order valence-corrected chi connectivity index (χ0v) is 17.9. The summed E-state index contributed by atoms with van der Waals surface area (Å²) in [5.74, 6) is 2.17. The minimum absolute atomic E-state index is 0.426. The first-order chi connectivity index (χ1) is 13.7. The number of ether oxygens (including phenoxy) is 2. The van der Waals surface area contributed by atoms with Crippen LogP contribution in [0.5, 0.6) is 11.6 Å². The lowest BCUT2D eigenvalue weighted by Crippen LogP contribution is -2.17. The van der Waals surface area contributed by atoms with Gasteiger partial charge in [-0.25, -0.2) is 0 Å². The summed E-state index contributed by atoms with van der Waals surface area (Å²) in [5, 5.41) is 12.8. The van der Waals surface area contributed by atoms with Gasteiger partial charge in [-0.15, -0.1) is 10.2 Å². The van der Waals surface area contributed by atoms with Crippen LogP contribution in [0.15, 0.2) is 52.1 Å². The Balaban J connectivity index is 1.77. The van der Waals surface area contributed by atoms with E-state index < -0.39 is 6.23 Å². The molecule has 1 aliphatic rings. The highest BCUT2D eigenvalue weighted by Gasteiger charge is 2.26. The number of nitrogens with zero attached hydrogens (tertiary/aromatic N) is 3. The largest absolute Gasteiger partial charge is 0.496 e. The number of halogens is 1. The zero-order chi connectivity index (χ0) is 19.5. The SMILES string of the molecule is CCCSc1nnc2c(n1)O[C@H](c1ccc(OC)c(Br)c1)Nc1ccccc1-2. The molecule has 0 aliphatic carbocycles. The summed E-state index contributed by atoms with van der Waals surface area (Å²) in [5.41, 5.74) is 3.42. The maximum Gasteiger partial charge on any atom is 0.247 e. The summed E-state index contributed by atoms with van der Waals surface area (Å²) in [7, 11) is 1.64. The number of methoxy groups -OCH3 is 1. The van der Waals surface area contributed by atoms with Gasteiger partial charge in [0.15, 0.2) is 11.9 Å². The topological polar surface area (TPSA) is 69.2 Å². The maximum absolute atomic E-state index is 6.27. The highest BCUT2D eigenvalue weighted by molar-refractivity contribution is 9.10. The lowest BCUT2D eigenvalue weighted by atomic mass is 10.1. The Hall–Kier alpha value is -2.32. The van der Waals surface area contributed by atoms with E-state index in [9.17, 15) is 0 Å². The van der Waals surface area contributed by atoms with Gasteiger partial charge in [-0.1, -0.05) is 36.9 Å². The Labute approximate surface area is 176 Å². The number of nitrogens with one attached hydrogen (secondary N) is 1. The summed E-state index contributed by atoms with van der Waals surface area (Å²) >= 11 is 5.12. The second-order valence-electron chi connectivity index (χ2n) is 6.18. The molecule has 0 saturated heterocycles. The van der Waals surface area contributed by atoms with Crippen molar-refractivity contribution in [2.75, 3.05) is 18.2 Å². The van der Waals surface area contributed by atoms with E-state index in [1.807, 2.05) is 42.5 Å². The summed E-state index contributed by atoms with van der Waals surface area (Å²) in [6, 6.07) is 13.8.